The van der Waals surface area contributed by atoms with Gasteiger partial charge < -0.3 is 43.6 Å². The summed E-state index contributed by atoms with van der Waals surface area (Å²) in [6, 6.07) is 24.8. The van der Waals surface area contributed by atoms with Crippen molar-refractivity contribution in [2.24, 2.45) is 0 Å². The minimum atomic E-state index is -1.07. The molecule has 368 valence electrons. The van der Waals surface area contributed by atoms with Gasteiger partial charge in [0.2, 0.25) is 0 Å². The molecule has 4 atom stereocenters. The number of benzene rings is 4. The van der Waals surface area contributed by atoms with Gasteiger partial charge in [0.25, 0.3) is 0 Å². The summed E-state index contributed by atoms with van der Waals surface area (Å²) in [7, 11) is 2.98. The highest BCUT2D eigenvalue weighted by molar-refractivity contribution is 6.32. The Morgan fingerprint density at radius 2 is 1.10 bits per heavy atom. The Balaban J connectivity index is 1.21. The van der Waals surface area contributed by atoms with Crippen LogP contribution in [0.5, 0.6) is 23.0 Å². The van der Waals surface area contributed by atoms with Crippen molar-refractivity contribution in [2.45, 2.75) is 91.5 Å². The van der Waals surface area contributed by atoms with Gasteiger partial charge in [0, 0.05) is 86.5 Å². The molecule has 17 heteroatoms. The minimum Gasteiger partial charge on any atom is -0.488 e. The number of rotatable bonds is 25. The van der Waals surface area contributed by atoms with Crippen LogP contribution in [0.15, 0.2) is 97.6 Å². The molecule has 0 fully saturated rings. The highest BCUT2D eigenvalue weighted by Crippen LogP contribution is 2.37. The van der Waals surface area contributed by atoms with Gasteiger partial charge in [-0.05, 0) is 85.3 Å². The summed E-state index contributed by atoms with van der Waals surface area (Å²) >= 11 is 13.7. The Hall–Kier alpha value is -7.08. The molecule has 2 heterocycles. The molecule has 0 aliphatic rings. The first-order valence-corrected chi connectivity index (χ1v) is 23.2. The van der Waals surface area contributed by atoms with Crippen LogP contribution in [0.3, 0.4) is 0 Å². The Kier molecular flexibility index (Phi) is 19.3. The van der Waals surface area contributed by atoms with Crippen LogP contribution in [0.25, 0.3) is 11.1 Å². The quantitative estimate of drug-likeness (QED) is 0.0457. The molecular formula is C54H54Cl2N6O9. The van der Waals surface area contributed by atoms with Crippen LogP contribution in [0.2, 0.25) is 10.0 Å². The summed E-state index contributed by atoms with van der Waals surface area (Å²) in [6.07, 6.45) is 5.96. The van der Waals surface area contributed by atoms with Gasteiger partial charge in [0.05, 0.1) is 39.4 Å². The van der Waals surface area contributed by atoms with Crippen molar-refractivity contribution in [1.29, 1.82) is 10.5 Å². The van der Waals surface area contributed by atoms with E-state index >= 15 is 0 Å². The lowest BCUT2D eigenvalue weighted by molar-refractivity contribution is -0.143. The highest BCUT2D eigenvalue weighted by atomic mass is 35.5. The van der Waals surface area contributed by atoms with Gasteiger partial charge in [-0.2, -0.15) is 10.5 Å². The molecule has 0 bridgehead atoms. The number of aromatic nitrogens is 2. The number of carbonyl (C=O) groups is 2. The first-order chi connectivity index (χ1) is 34.3. The number of nitrogens with one attached hydrogen (secondary N) is 2. The van der Waals surface area contributed by atoms with Crippen LogP contribution in [0.4, 0.5) is 0 Å². The molecule has 4 aromatic carbocycles. The van der Waals surface area contributed by atoms with Gasteiger partial charge in [-0.25, -0.2) is 0 Å². The molecule has 0 saturated heterocycles. The fraction of sp³-hybridized carbons (Fsp3) is 0.296. The lowest BCUT2D eigenvalue weighted by Crippen LogP contribution is -2.45. The van der Waals surface area contributed by atoms with E-state index in [2.05, 4.69) is 44.9 Å². The molecule has 4 unspecified atom stereocenters. The molecular weight excluding hydrogens is 948 g/mol. The fourth-order valence-corrected chi connectivity index (χ4v) is 8.06. The fourth-order valence-electron chi connectivity index (χ4n) is 7.58. The third-order valence-electron chi connectivity index (χ3n) is 12.0. The standard InChI is InChI=1S/C54H54Cl2N6O9/c1-32-40(30-70-51-17-49(68-28-38-13-36(19-57)21-59-23-38)42(15-46(51)55)25-61-48(27-63)34(3)66-5)9-7-11-44(32)45-12-8-10-41(33(45)2)31-71-52-18-50(69-29-39-14-37(20-58)22-60-24-39)43(16-47(52)56)26-62-53(54(64)65)35(4)67-6/h7-18,21-24,27,34-35,48,53,61-62H,25-26,28-31H2,1-6H3,(H,64,65). The largest absolute Gasteiger partial charge is 0.488 e. The predicted octanol–water partition coefficient (Wildman–Crippen LogP) is 9.40. The van der Waals surface area contributed by atoms with Crippen LogP contribution < -0.4 is 29.6 Å². The monoisotopic (exact) mass is 1000 g/mol. The van der Waals surface area contributed by atoms with Crippen molar-refractivity contribution < 1.29 is 43.1 Å². The van der Waals surface area contributed by atoms with Crippen molar-refractivity contribution in [3.63, 3.8) is 0 Å². The van der Waals surface area contributed by atoms with Gasteiger partial charge in [0.1, 0.15) is 73.9 Å². The summed E-state index contributed by atoms with van der Waals surface area (Å²) in [6.45, 7) is 8.38. The number of pyridine rings is 2. The third-order valence-corrected chi connectivity index (χ3v) is 12.6. The lowest BCUT2D eigenvalue weighted by Gasteiger charge is -2.22. The van der Waals surface area contributed by atoms with Gasteiger partial charge >= 0.3 is 5.97 Å². The van der Waals surface area contributed by atoms with E-state index in [4.69, 9.17) is 51.6 Å². The van der Waals surface area contributed by atoms with Crippen LogP contribution in [0.1, 0.15) is 69.5 Å². The minimum absolute atomic E-state index is 0.0713. The van der Waals surface area contributed by atoms with Gasteiger partial charge in [-0.3, -0.25) is 20.1 Å². The first kappa shape index (κ1) is 53.3. The van der Waals surface area contributed by atoms with Crippen LogP contribution in [0, 0.1) is 36.5 Å². The zero-order valence-corrected chi connectivity index (χ0v) is 41.6. The summed E-state index contributed by atoms with van der Waals surface area (Å²) < 4.78 is 36.0. The van der Waals surface area contributed by atoms with E-state index in [9.17, 15) is 25.2 Å². The average molecular weight is 1000 g/mol. The van der Waals surface area contributed by atoms with E-state index in [1.165, 1.54) is 26.6 Å². The molecule has 71 heavy (non-hydrogen) atoms. The zero-order valence-electron chi connectivity index (χ0n) is 40.1. The Labute approximate surface area is 423 Å². The number of carboxylic acid groups (broad SMARTS) is 1. The molecule has 3 N–H and O–H groups in total. The highest BCUT2D eigenvalue weighted by Gasteiger charge is 2.25. The second-order valence-corrected chi connectivity index (χ2v) is 17.4. The number of halogens is 2. The van der Waals surface area contributed by atoms with E-state index < -0.39 is 24.2 Å². The first-order valence-electron chi connectivity index (χ1n) is 22.5. The number of nitriles is 2. The van der Waals surface area contributed by atoms with Gasteiger partial charge in [-0.15, -0.1) is 0 Å². The van der Waals surface area contributed by atoms with Crippen molar-refractivity contribution in [3.05, 3.63) is 163 Å². The maximum atomic E-state index is 12.0. The van der Waals surface area contributed by atoms with Gasteiger partial charge in [-0.1, -0.05) is 59.6 Å². The van der Waals surface area contributed by atoms with Crippen LogP contribution in [-0.2, 0) is 58.6 Å². The number of aliphatic carboxylic acids is 1. The molecule has 0 radical (unpaired) electrons. The van der Waals surface area contributed by atoms with Crippen molar-refractivity contribution in [3.8, 4) is 46.3 Å². The number of hydrogen-bond donors (Lipinski definition) is 3. The SMILES string of the molecule is COC(C)C(C=O)NCc1cc(Cl)c(OCc2cccc(-c3cccc(COc4cc(OCc5cncc(C#N)c5)c(CNC(C(=O)O)C(C)OC)cc4Cl)c3C)c2C)cc1OCc1cncc(C#N)c1. The molecule has 6 rings (SSSR count). The van der Waals surface area contributed by atoms with Gasteiger partial charge in [0.15, 0.2) is 0 Å². The number of carbonyl (C=O) groups excluding carboxylic acids is 1. The molecule has 0 saturated carbocycles. The Morgan fingerprint density at radius 3 is 1.52 bits per heavy atom. The predicted molar refractivity (Wildman–Crippen MR) is 267 cm³/mol. The van der Waals surface area contributed by atoms with E-state index in [-0.39, 0.29) is 45.6 Å². The number of ether oxygens (including phenoxy) is 6. The molecule has 15 nitrogen and oxygen atoms in total. The molecule has 6 aromatic rings. The maximum absolute atomic E-state index is 12.0. The number of carboxylic acids is 1. The van der Waals surface area contributed by atoms with Crippen molar-refractivity contribution >= 4 is 35.5 Å². The van der Waals surface area contributed by atoms with Crippen LogP contribution >= 0.6 is 23.2 Å². The van der Waals surface area contributed by atoms with E-state index in [1.54, 1.807) is 62.6 Å². The number of aldehydes is 1. The maximum Gasteiger partial charge on any atom is 0.323 e. The summed E-state index contributed by atoms with van der Waals surface area (Å²) in [5.74, 6) is 0.526. The molecule has 0 aliphatic carbocycles. The molecule has 0 aliphatic heterocycles. The Morgan fingerprint density at radius 1 is 0.648 bits per heavy atom. The molecule has 2 aromatic heterocycles. The average Bonchev–Trinajstić information content (AvgIpc) is 3.38. The number of hydrogen-bond acceptors (Lipinski definition) is 14. The Bertz CT molecular complexity index is 2920. The third kappa shape index (κ3) is 14.0. The summed E-state index contributed by atoms with van der Waals surface area (Å²) in [5.41, 5.74) is 9.20. The number of methoxy groups -OCH3 is 2. The van der Waals surface area contributed by atoms with Crippen molar-refractivity contribution in [1.82, 2.24) is 20.6 Å². The number of nitrogens with zero attached hydrogens (tertiary/aromatic N) is 4. The smallest absolute Gasteiger partial charge is 0.323 e. The zero-order chi connectivity index (χ0) is 51.0. The topological polar surface area (TPSA) is 207 Å². The second-order valence-electron chi connectivity index (χ2n) is 16.6. The van der Waals surface area contributed by atoms with Crippen molar-refractivity contribution in [2.75, 3.05) is 14.2 Å². The van der Waals surface area contributed by atoms with Crippen LogP contribution in [-0.4, -0.2) is 65.8 Å². The van der Waals surface area contributed by atoms with E-state index in [0.29, 0.717) is 66.4 Å². The molecule has 0 spiro atoms. The summed E-state index contributed by atoms with van der Waals surface area (Å²) in [5, 5.41) is 35.5. The second kappa shape index (κ2) is 25.7. The summed E-state index contributed by atoms with van der Waals surface area (Å²) in [4.78, 5) is 32.2. The van der Waals surface area contributed by atoms with E-state index in [1.807, 2.05) is 38.1 Å². The molecule has 0 amide bonds. The lowest BCUT2D eigenvalue weighted by atomic mass is 9.92. The van der Waals surface area contributed by atoms with E-state index in [0.717, 1.165) is 39.7 Å². The normalized spacial score (nSPS) is 12.7.